The molecule has 1 aliphatic carbocycles. The van der Waals surface area contributed by atoms with Crippen molar-refractivity contribution < 1.29 is 4.74 Å². The third kappa shape index (κ3) is 1.80. The Bertz CT molecular complexity index is 370. The van der Waals surface area contributed by atoms with Gasteiger partial charge in [0, 0.05) is 0 Å². The van der Waals surface area contributed by atoms with Crippen LogP contribution >= 0.6 is 0 Å². The van der Waals surface area contributed by atoms with Gasteiger partial charge in [0.15, 0.2) is 5.82 Å². The molecule has 1 aromatic heterocycles. The molecule has 5 nitrogen and oxygen atoms in total. The lowest BCUT2D eigenvalue weighted by Gasteiger charge is -2.23. The van der Waals surface area contributed by atoms with Crippen LogP contribution in [0.25, 0.3) is 0 Å². The molecule has 2 aliphatic rings. The van der Waals surface area contributed by atoms with Gasteiger partial charge in [0.05, 0.1) is 24.4 Å². The first-order chi connectivity index (χ1) is 7.76. The van der Waals surface area contributed by atoms with Crippen LogP contribution in [0.1, 0.15) is 38.5 Å². The smallest absolute Gasteiger partial charge is 0.165 e. The predicted molar refractivity (Wildman–Crippen MR) is 59.7 cm³/mol. The summed E-state index contributed by atoms with van der Waals surface area (Å²) in [5.74, 6) is 0.480. The van der Waals surface area contributed by atoms with Gasteiger partial charge in [-0.1, -0.05) is 18.1 Å². The zero-order valence-electron chi connectivity index (χ0n) is 9.43. The topological polar surface area (TPSA) is 66.0 Å². The Morgan fingerprint density at radius 1 is 1.44 bits per heavy atom. The Labute approximate surface area is 95.0 Å². The monoisotopic (exact) mass is 222 g/mol. The van der Waals surface area contributed by atoms with Crippen molar-refractivity contribution in [3.05, 3.63) is 6.20 Å². The normalized spacial score (nSPS) is 27.9. The highest BCUT2D eigenvalue weighted by molar-refractivity contribution is 5.19. The van der Waals surface area contributed by atoms with Crippen molar-refractivity contribution in [3.63, 3.8) is 0 Å². The van der Waals surface area contributed by atoms with Crippen molar-refractivity contribution in [1.82, 2.24) is 15.0 Å². The molecule has 1 atom stereocenters. The van der Waals surface area contributed by atoms with Gasteiger partial charge in [-0.25, -0.2) is 4.68 Å². The van der Waals surface area contributed by atoms with E-state index in [-0.39, 0.29) is 5.60 Å². The second kappa shape index (κ2) is 3.73. The van der Waals surface area contributed by atoms with E-state index in [0.29, 0.717) is 11.9 Å². The standard InChI is InChI=1S/C11H18N4O/c12-10-8-15(14-13-10)7-9-3-6-11(16-9)4-1-2-5-11/h8-9H,1-7,12H2. The number of nitrogens with zero attached hydrogens (tertiary/aromatic N) is 3. The predicted octanol–water partition coefficient (Wildman–Crippen LogP) is 1.35. The molecule has 88 valence electrons. The van der Waals surface area contributed by atoms with E-state index >= 15 is 0 Å². The molecule has 2 N–H and O–H groups in total. The third-order valence-electron chi connectivity index (χ3n) is 3.80. The number of rotatable bonds is 2. The molecule has 2 heterocycles. The second-order valence-electron chi connectivity index (χ2n) is 5.03. The Morgan fingerprint density at radius 3 is 2.94 bits per heavy atom. The summed E-state index contributed by atoms with van der Waals surface area (Å²) in [5.41, 5.74) is 5.74. The van der Waals surface area contributed by atoms with Crippen LogP contribution in [0.2, 0.25) is 0 Å². The SMILES string of the molecule is Nc1cn(CC2CCC3(CCCC3)O2)nn1. The van der Waals surface area contributed by atoms with Gasteiger partial charge in [0.25, 0.3) is 0 Å². The van der Waals surface area contributed by atoms with Gasteiger partial charge >= 0.3 is 0 Å². The van der Waals surface area contributed by atoms with Crippen molar-refractivity contribution in [2.75, 3.05) is 5.73 Å². The first-order valence-electron chi connectivity index (χ1n) is 6.09. The Morgan fingerprint density at radius 2 is 2.25 bits per heavy atom. The number of anilines is 1. The van der Waals surface area contributed by atoms with Crippen LogP contribution in [0.15, 0.2) is 6.20 Å². The van der Waals surface area contributed by atoms with E-state index in [0.717, 1.165) is 13.0 Å². The Balaban J connectivity index is 1.61. The lowest BCUT2D eigenvalue weighted by molar-refractivity contribution is -0.0430. The van der Waals surface area contributed by atoms with Crippen molar-refractivity contribution >= 4 is 5.82 Å². The minimum atomic E-state index is 0.205. The summed E-state index contributed by atoms with van der Waals surface area (Å²) >= 11 is 0. The molecular formula is C11H18N4O. The lowest BCUT2D eigenvalue weighted by Crippen LogP contribution is -2.26. The summed E-state index contributed by atoms with van der Waals surface area (Å²) < 4.78 is 7.98. The molecule has 1 saturated heterocycles. The molecule has 1 saturated carbocycles. The van der Waals surface area contributed by atoms with E-state index in [4.69, 9.17) is 10.5 Å². The van der Waals surface area contributed by atoms with Gasteiger partial charge < -0.3 is 10.5 Å². The van der Waals surface area contributed by atoms with E-state index in [1.54, 1.807) is 10.9 Å². The zero-order valence-corrected chi connectivity index (χ0v) is 9.43. The largest absolute Gasteiger partial charge is 0.381 e. The molecule has 0 bridgehead atoms. The van der Waals surface area contributed by atoms with Crippen LogP contribution in [0.5, 0.6) is 0 Å². The van der Waals surface area contributed by atoms with Crippen LogP contribution in [0, 0.1) is 0 Å². The molecular weight excluding hydrogens is 204 g/mol. The molecule has 1 aromatic rings. The molecule has 1 aliphatic heterocycles. The zero-order chi connectivity index (χ0) is 11.0. The highest BCUT2D eigenvalue weighted by Gasteiger charge is 2.42. The van der Waals surface area contributed by atoms with E-state index in [2.05, 4.69) is 10.3 Å². The number of hydrogen-bond donors (Lipinski definition) is 1. The first kappa shape index (κ1) is 10.1. The Kier molecular flexibility index (Phi) is 2.35. The van der Waals surface area contributed by atoms with Gasteiger partial charge in [-0.15, -0.1) is 5.10 Å². The maximum Gasteiger partial charge on any atom is 0.165 e. The summed E-state index contributed by atoms with van der Waals surface area (Å²) in [6.45, 7) is 0.784. The highest BCUT2D eigenvalue weighted by Crippen LogP contribution is 2.43. The maximum atomic E-state index is 6.19. The lowest BCUT2D eigenvalue weighted by atomic mass is 9.98. The molecule has 1 unspecified atom stereocenters. The number of ether oxygens (including phenoxy) is 1. The third-order valence-corrected chi connectivity index (χ3v) is 3.80. The van der Waals surface area contributed by atoms with E-state index in [9.17, 15) is 0 Å². The summed E-state index contributed by atoms with van der Waals surface area (Å²) in [5, 5.41) is 7.74. The molecule has 3 rings (SSSR count). The number of hydrogen-bond acceptors (Lipinski definition) is 4. The van der Waals surface area contributed by atoms with Gasteiger partial charge in [-0.2, -0.15) is 0 Å². The molecule has 0 amide bonds. The van der Waals surface area contributed by atoms with E-state index < -0.39 is 0 Å². The number of nitrogen functional groups attached to an aromatic ring is 1. The molecule has 16 heavy (non-hydrogen) atoms. The van der Waals surface area contributed by atoms with E-state index in [1.807, 2.05) is 0 Å². The fourth-order valence-electron chi connectivity index (χ4n) is 3.02. The highest BCUT2D eigenvalue weighted by atomic mass is 16.5. The van der Waals surface area contributed by atoms with Gasteiger partial charge in [0.1, 0.15) is 0 Å². The molecule has 1 spiro atoms. The quantitative estimate of drug-likeness (QED) is 0.820. The fraction of sp³-hybridized carbons (Fsp3) is 0.818. The van der Waals surface area contributed by atoms with Crippen LogP contribution in [0.4, 0.5) is 5.82 Å². The summed E-state index contributed by atoms with van der Waals surface area (Å²) in [7, 11) is 0. The van der Waals surface area contributed by atoms with Gasteiger partial charge in [-0.05, 0) is 25.7 Å². The molecule has 0 radical (unpaired) electrons. The summed E-state index contributed by atoms with van der Waals surface area (Å²) in [6.07, 6.45) is 9.53. The van der Waals surface area contributed by atoms with Crippen molar-refractivity contribution in [2.45, 2.75) is 56.8 Å². The first-order valence-corrected chi connectivity index (χ1v) is 6.09. The Hall–Kier alpha value is -1.10. The van der Waals surface area contributed by atoms with Gasteiger partial charge in [-0.3, -0.25) is 0 Å². The van der Waals surface area contributed by atoms with Crippen molar-refractivity contribution in [3.8, 4) is 0 Å². The van der Waals surface area contributed by atoms with Crippen LogP contribution in [0.3, 0.4) is 0 Å². The molecule has 0 aromatic carbocycles. The van der Waals surface area contributed by atoms with Crippen molar-refractivity contribution in [1.29, 1.82) is 0 Å². The average Bonchev–Trinajstić information content (AvgIpc) is 2.94. The molecule has 2 fully saturated rings. The number of nitrogens with two attached hydrogens (primary N) is 1. The minimum Gasteiger partial charge on any atom is -0.381 e. The number of aromatic nitrogens is 3. The summed E-state index contributed by atoms with van der Waals surface area (Å²) in [4.78, 5) is 0. The van der Waals surface area contributed by atoms with E-state index in [1.165, 1.54) is 32.1 Å². The average molecular weight is 222 g/mol. The fourth-order valence-corrected chi connectivity index (χ4v) is 3.02. The summed E-state index contributed by atoms with van der Waals surface area (Å²) in [6, 6.07) is 0. The van der Waals surface area contributed by atoms with Crippen LogP contribution < -0.4 is 5.73 Å². The van der Waals surface area contributed by atoms with Crippen LogP contribution in [-0.4, -0.2) is 26.7 Å². The second-order valence-corrected chi connectivity index (χ2v) is 5.03. The molecule has 5 heteroatoms. The van der Waals surface area contributed by atoms with Crippen molar-refractivity contribution in [2.24, 2.45) is 0 Å². The maximum absolute atomic E-state index is 6.19. The van der Waals surface area contributed by atoms with Gasteiger partial charge in [0.2, 0.25) is 0 Å². The minimum absolute atomic E-state index is 0.205. The van der Waals surface area contributed by atoms with Crippen LogP contribution in [-0.2, 0) is 11.3 Å².